The van der Waals surface area contributed by atoms with Crippen molar-refractivity contribution in [3.8, 4) is 0 Å². The van der Waals surface area contributed by atoms with Gasteiger partial charge in [0, 0.05) is 7.11 Å². The molecule has 0 amide bonds. The van der Waals surface area contributed by atoms with Crippen LogP contribution in [0.3, 0.4) is 0 Å². The zero-order valence-corrected chi connectivity index (χ0v) is 10.6. The Balaban J connectivity index is 2.81. The second kappa shape index (κ2) is 5.99. The fraction of sp³-hybridized carbons (Fsp3) is 0.538. The first-order chi connectivity index (χ1) is 7.58. The van der Waals surface area contributed by atoms with Gasteiger partial charge in [0.1, 0.15) is 0 Å². The summed E-state index contributed by atoms with van der Waals surface area (Å²) >= 11 is 0. The molecule has 0 aliphatic heterocycles. The highest BCUT2D eigenvalue weighted by atomic mass is 16.5. The molecule has 1 rings (SSSR count). The van der Waals surface area contributed by atoms with Gasteiger partial charge in [0.2, 0.25) is 0 Å². The van der Waals surface area contributed by atoms with Gasteiger partial charge in [-0.15, -0.1) is 0 Å². The second-order valence-electron chi connectivity index (χ2n) is 4.35. The van der Waals surface area contributed by atoms with E-state index in [1.165, 1.54) is 16.7 Å². The highest BCUT2D eigenvalue weighted by Crippen LogP contribution is 2.14. The van der Waals surface area contributed by atoms with Crippen LogP contribution in [0.15, 0.2) is 18.2 Å². The number of hydrogen-bond acceptors (Lipinski definition) is 3. The van der Waals surface area contributed by atoms with Crippen LogP contribution < -0.4 is 11.3 Å². The van der Waals surface area contributed by atoms with E-state index in [1.54, 1.807) is 7.11 Å². The molecule has 1 aromatic carbocycles. The third kappa shape index (κ3) is 3.30. The Morgan fingerprint density at radius 1 is 1.38 bits per heavy atom. The number of benzene rings is 1. The molecule has 0 saturated heterocycles. The topological polar surface area (TPSA) is 47.3 Å². The summed E-state index contributed by atoms with van der Waals surface area (Å²) in [6.07, 6.45) is 0.990. The Kier molecular flexibility index (Phi) is 4.93. The molecule has 0 fully saturated rings. The van der Waals surface area contributed by atoms with E-state index in [9.17, 15) is 0 Å². The zero-order valence-electron chi connectivity index (χ0n) is 10.6. The minimum Gasteiger partial charge on any atom is -0.380 e. The molecule has 0 radical (unpaired) electrons. The molecule has 2 atom stereocenters. The molecule has 1 aromatic rings. The number of aryl methyl sites for hydroxylation is 2. The summed E-state index contributed by atoms with van der Waals surface area (Å²) < 4.78 is 5.30. The Hall–Kier alpha value is -0.900. The number of methoxy groups -OCH3 is 1. The van der Waals surface area contributed by atoms with Gasteiger partial charge in [0.15, 0.2) is 0 Å². The van der Waals surface area contributed by atoms with Gasteiger partial charge in [-0.05, 0) is 38.3 Å². The number of rotatable bonds is 5. The summed E-state index contributed by atoms with van der Waals surface area (Å²) in [5, 5.41) is 0. The Labute approximate surface area is 98.0 Å². The van der Waals surface area contributed by atoms with E-state index in [0.29, 0.717) is 0 Å². The average molecular weight is 222 g/mol. The van der Waals surface area contributed by atoms with Crippen LogP contribution in [0.4, 0.5) is 0 Å². The standard InChI is InChI=1S/C13H22N2O/c1-9-5-6-10(2)12(7-9)8-13(15-14)11(3)16-4/h5-7,11,13,15H,8,14H2,1-4H3. The average Bonchev–Trinajstić information content (AvgIpc) is 2.29. The van der Waals surface area contributed by atoms with Gasteiger partial charge in [-0.25, -0.2) is 0 Å². The van der Waals surface area contributed by atoms with Crippen LogP contribution in [0.2, 0.25) is 0 Å². The molecule has 90 valence electrons. The molecular formula is C13H22N2O. The van der Waals surface area contributed by atoms with E-state index < -0.39 is 0 Å². The SMILES string of the molecule is COC(C)C(Cc1cc(C)ccc1C)NN. The van der Waals surface area contributed by atoms with Crippen LogP contribution in [0.5, 0.6) is 0 Å². The lowest BCUT2D eigenvalue weighted by molar-refractivity contribution is 0.0831. The van der Waals surface area contributed by atoms with Crippen molar-refractivity contribution >= 4 is 0 Å². The van der Waals surface area contributed by atoms with Gasteiger partial charge < -0.3 is 4.74 Å². The summed E-state index contributed by atoms with van der Waals surface area (Å²) in [7, 11) is 1.71. The van der Waals surface area contributed by atoms with Gasteiger partial charge >= 0.3 is 0 Å². The summed E-state index contributed by atoms with van der Waals surface area (Å²) in [6.45, 7) is 6.25. The fourth-order valence-electron chi connectivity index (χ4n) is 1.78. The van der Waals surface area contributed by atoms with Crippen LogP contribution in [-0.2, 0) is 11.2 Å². The lowest BCUT2D eigenvalue weighted by Crippen LogP contribution is -2.45. The van der Waals surface area contributed by atoms with Crippen molar-refractivity contribution in [3.05, 3.63) is 34.9 Å². The lowest BCUT2D eigenvalue weighted by atomic mass is 9.97. The highest BCUT2D eigenvalue weighted by Gasteiger charge is 2.16. The molecule has 2 unspecified atom stereocenters. The van der Waals surface area contributed by atoms with Crippen molar-refractivity contribution in [1.82, 2.24) is 5.43 Å². The van der Waals surface area contributed by atoms with E-state index in [2.05, 4.69) is 37.5 Å². The Morgan fingerprint density at radius 3 is 2.62 bits per heavy atom. The van der Waals surface area contributed by atoms with Gasteiger partial charge in [-0.2, -0.15) is 0 Å². The molecule has 3 N–H and O–H groups in total. The maximum atomic E-state index is 5.56. The van der Waals surface area contributed by atoms with Crippen molar-refractivity contribution in [3.63, 3.8) is 0 Å². The van der Waals surface area contributed by atoms with E-state index in [0.717, 1.165) is 6.42 Å². The first-order valence-corrected chi connectivity index (χ1v) is 5.63. The molecular weight excluding hydrogens is 200 g/mol. The van der Waals surface area contributed by atoms with Crippen LogP contribution >= 0.6 is 0 Å². The minimum atomic E-state index is 0.102. The van der Waals surface area contributed by atoms with Crippen molar-refractivity contribution < 1.29 is 4.74 Å². The molecule has 16 heavy (non-hydrogen) atoms. The zero-order chi connectivity index (χ0) is 12.1. The number of nitrogens with one attached hydrogen (secondary N) is 1. The van der Waals surface area contributed by atoms with Gasteiger partial charge in [-0.1, -0.05) is 23.8 Å². The monoisotopic (exact) mass is 222 g/mol. The third-order valence-electron chi connectivity index (χ3n) is 3.10. The van der Waals surface area contributed by atoms with Crippen molar-refractivity contribution in [2.45, 2.75) is 39.3 Å². The number of nitrogens with two attached hydrogens (primary N) is 1. The molecule has 0 aromatic heterocycles. The summed E-state index contributed by atoms with van der Waals surface area (Å²) in [6, 6.07) is 6.63. The molecule has 0 saturated carbocycles. The molecule has 0 aliphatic carbocycles. The van der Waals surface area contributed by atoms with E-state index in [4.69, 9.17) is 10.6 Å². The van der Waals surface area contributed by atoms with E-state index >= 15 is 0 Å². The van der Waals surface area contributed by atoms with Gasteiger partial charge in [-0.3, -0.25) is 11.3 Å². The summed E-state index contributed by atoms with van der Waals surface area (Å²) in [5.41, 5.74) is 6.73. The first-order valence-electron chi connectivity index (χ1n) is 5.63. The Bertz CT molecular complexity index is 339. The summed E-state index contributed by atoms with van der Waals surface area (Å²) in [4.78, 5) is 0. The first kappa shape index (κ1) is 13.2. The predicted octanol–water partition coefficient (Wildman–Crippen LogP) is 1.71. The van der Waals surface area contributed by atoms with Crippen LogP contribution in [0.1, 0.15) is 23.6 Å². The van der Waals surface area contributed by atoms with Crippen LogP contribution in [0.25, 0.3) is 0 Å². The van der Waals surface area contributed by atoms with Gasteiger partial charge in [0.25, 0.3) is 0 Å². The smallest absolute Gasteiger partial charge is 0.0712 e. The molecule has 3 heteroatoms. The predicted molar refractivity (Wildman–Crippen MR) is 67.2 cm³/mol. The molecule has 0 bridgehead atoms. The normalized spacial score (nSPS) is 14.8. The van der Waals surface area contributed by atoms with Crippen molar-refractivity contribution in [1.29, 1.82) is 0 Å². The van der Waals surface area contributed by atoms with Gasteiger partial charge in [0.05, 0.1) is 12.1 Å². The van der Waals surface area contributed by atoms with Crippen molar-refractivity contribution in [2.24, 2.45) is 5.84 Å². The second-order valence-corrected chi connectivity index (χ2v) is 4.35. The minimum absolute atomic E-state index is 0.102. The molecule has 0 spiro atoms. The quantitative estimate of drug-likeness (QED) is 0.589. The number of hydrazine groups is 1. The molecule has 0 heterocycles. The molecule has 0 aliphatic rings. The summed E-state index contributed by atoms with van der Waals surface area (Å²) in [5.74, 6) is 5.56. The third-order valence-corrected chi connectivity index (χ3v) is 3.10. The lowest BCUT2D eigenvalue weighted by Gasteiger charge is -2.23. The maximum absolute atomic E-state index is 5.56. The van der Waals surface area contributed by atoms with Crippen LogP contribution in [-0.4, -0.2) is 19.3 Å². The number of ether oxygens (including phenoxy) is 1. The fourth-order valence-corrected chi connectivity index (χ4v) is 1.78. The number of hydrogen-bond donors (Lipinski definition) is 2. The van der Waals surface area contributed by atoms with Crippen molar-refractivity contribution in [2.75, 3.05) is 7.11 Å². The maximum Gasteiger partial charge on any atom is 0.0712 e. The molecule has 3 nitrogen and oxygen atoms in total. The highest BCUT2D eigenvalue weighted by molar-refractivity contribution is 5.31. The van der Waals surface area contributed by atoms with Crippen LogP contribution in [0, 0.1) is 13.8 Å². The van der Waals surface area contributed by atoms with E-state index in [1.807, 2.05) is 6.92 Å². The van der Waals surface area contributed by atoms with E-state index in [-0.39, 0.29) is 12.1 Å². The Morgan fingerprint density at radius 2 is 2.06 bits per heavy atom. The largest absolute Gasteiger partial charge is 0.380 e.